The van der Waals surface area contributed by atoms with Crippen molar-refractivity contribution in [2.24, 2.45) is 0 Å². The molecule has 0 saturated carbocycles. The van der Waals surface area contributed by atoms with Gasteiger partial charge in [0.1, 0.15) is 22.9 Å². The van der Waals surface area contributed by atoms with Crippen LogP contribution in [0.15, 0.2) is 59.0 Å². The Bertz CT molecular complexity index is 795. The number of ether oxygens (including phenoxy) is 1. The second-order valence-corrected chi connectivity index (χ2v) is 5.25. The number of likely N-dealkylation sites (N-methyl/N-ethyl adjacent to an activating group) is 1. The van der Waals surface area contributed by atoms with Crippen LogP contribution in [0.4, 0.5) is 4.39 Å². The van der Waals surface area contributed by atoms with Gasteiger partial charge < -0.3 is 14.1 Å². The number of fused-ring (bicyclic) bond motifs is 1. The summed E-state index contributed by atoms with van der Waals surface area (Å²) in [5, 5.41) is 0.999. The van der Waals surface area contributed by atoms with E-state index in [1.165, 1.54) is 23.1 Å². The molecule has 2 aromatic carbocycles. The summed E-state index contributed by atoms with van der Waals surface area (Å²) in [4.78, 5) is 13.6. The molecule has 3 rings (SSSR count). The third-order valence-corrected chi connectivity index (χ3v) is 3.45. The lowest BCUT2D eigenvalue weighted by Gasteiger charge is -2.16. The van der Waals surface area contributed by atoms with Crippen molar-refractivity contribution >= 4 is 16.9 Å². The number of hydrogen-bond donors (Lipinski definition) is 0. The highest BCUT2D eigenvalue weighted by Crippen LogP contribution is 2.19. The molecule has 5 heteroatoms. The van der Waals surface area contributed by atoms with E-state index in [9.17, 15) is 9.18 Å². The summed E-state index contributed by atoms with van der Waals surface area (Å²) in [6.45, 7) is 0.195. The maximum Gasteiger partial charge on any atom is 0.260 e. The SMILES string of the molecule is CN(Cc1cc2ccccc2o1)C(=O)COc1cccc(F)c1. The van der Waals surface area contributed by atoms with Crippen LogP contribution in [0.2, 0.25) is 0 Å². The fourth-order valence-electron chi connectivity index (χ4n) is 2.25. The number of amides is 1. The zero-order chi connectivity index (χ0) is 16.2. The Kier molecular flexibility index (Phi) is 4.28. The molecule has 0 saturated heterocycles. The van der Waals surface area contributed by atoms with E-state index in [0.29, 0.717) is 18.1 Å². The second kappa shape index (κ2) is 6.52. The van der Waals surface area contributed by atoms with Gasteiger partial charge in [0, 0.05) is 18.5 Å². The van der Waals surface area contributed by atoms with Crippen molar-refractivity contribution in [3.05, 3.63) is 66.2 Å². The third kappa shape index (κ3) is 3.69. The van der Waals surface area contributed by atoms with Crippen LogP contribution in [-0.4, -0.2) is 24.5 Å². The molecule has 0 atom stereocenters. The van der Waals surface area contributed by atoms with E-state index < -0.39 is 5.82 Å². The maximum absolute atomic E-state index is 13.1. The quantitative estimate of drug-likeness (QED) is 0.722. The number of benzene rings is 2. The molecule has 0 aliphatic carbocycles. The van der Waals surface area contributed by atoms with Crippen LogP contribution < -0.4 is 4.74 Å². The summed E-state index contributed by atoms with van der Waals surface area (Å²) in [6.07, 6.45) is 0. The second-order valence-electron chi connectivity index (χ2n) is 5.25. The minimum absolute atomic E-state index is 0.153. The topological polar surface area (TPSA) is 42.7 Å². The van der Waals surface area contributed by atoms with Crippen molar-refractivity contribution in [2.75, 3.05) is 13.7 Å². The summed E-state index contributed by atoms with van der Waals surface area (Å²) in [7, 11) is 1.67. The molecule has 1 aromatic heterocycles. The number of nitrogens with zero attached hydrogens (tertiary/aromatic N) is 1. The Balaban J connectivity index is 1.58. The molecule has 0 N–H and O–H groups in total. The summed E-state index contributed by atoms with van der Waals surface area (Å²) >= 11 is 0. The molecule has 3 aromatic rings. The van der Waals surface area contributed by atoms with Gasteiger partial charge in [-0.05, 0) is 24.3 Å². The predicted octanol–water partition coefficient (Wildman–Crippen LogP) is 3.61. The smallest absolute Gasteiger partial charge is 0.260 e. The van der Waals surface area contributed by atoms with E-state index in [4.69, 9.17) is 9.15 Å². The van der Waals surface area contributed by atoms with E-state index in [1.54, 1.807) is 13.1 Å². The maximum atomic E-state index is 13.1. The molecule has 0 aliphatic heterocycles. The summed E-state index contributed by atoms with van der Waals surface area (Å²) in [6, 6.07) is 15.3. The lowest BCUT2D eigenvalue weighted by Crippen LogP contribution is -2.30. The van der Waals surface area contributed by atoms with Crippen molar-refractivity contribution in [3.63, 3.8) is 0 Å². The lowest BCUT2D eigenvalue weighted by atomic mass is 10.2. The number of carbonyl (C=O) groups is 1. The Morgan fingerprint density at radius 2 is 2.00 bits per heavy atom. The Morgan fingerprint density at radius 1 is 1.17 bits per heavy atom. The third-order valence-electron chi connectivity index (χ3n) is 3.45. The fraction of sp³-hybridized carbons (Fsp3) is 0.167. The Labute approximate surface area is 133 Å². The summed E-state index contributed by atoms with van der Waals surface area (Å²) in [5.41, 5.74) is 0.791. The van der Waals surface area contributed by atoms with Crippen LogP contribution in [-0.2, 0) is 11.3 Å². The van der Waals surface area contributed by atoms with Gasteiger partial charge in [0.25, 0.3) is 5.91 Å². The summed E-state index contributed by atoms with van der Waals surface area (Å²) in [5.74, 6) is 0.420. The number of carbonyl (C=O) groups excluding carboxylic acids is 1. The minimum Gasteiger partial charge on any atom is -0.484 e. The first kappa shape index (κ1) is 15.1. The molecule has 118 valence electrons. The van der Waals surface area contributed by atoms with Gasteiger partial charge in [0.2, 0.25) is 0 Å². The number of para-hydroxylation sites is 1. The Morgan fingerprint density at radius 3 is 2.78 bits per heavy atom. The van der Waals surface area contributed by atoms with Gasteiger partial charge in [0.05, 0.1) is 6.54 Å². The van der Waals surface area contributed by atoms with E-state index in [1.807, 2.05) is 30.3 Å². The average Bonchev–Trinajstić information content (AvgIpc) is 2.94. The monoisotopic (exact) mass is 313 g/mol. The van der Waals surface area contributed by atoms with Gasteiger partial charge >= 0.3 is 0 Å². The van der Waals surface area contributed by atoms with Gasteiger partial charge in [-0.2, -0.15) is 0 Å². The lowest BCUT2D eigenvalue weighted by molar-refractivity contribution is -0.132. The van der Waals surface area contributed by atoms with E-state index in [2.05, 4.69) is 0 Å². The zero-order valence-corrected chi connectivity index (χ0v) is 12.7. The van der Waals surface area contributed by atoms with Crippen LogP contribution in [0.3, 0.4) is 0 Å². The molecule has 0 bridgehead atoms. The molecule has 0 fully saturated rings. The highest BCUT2D eigenvalue weighted by molar-refractivity contribution is 5.79. The molecule has 0 spiro atoms. The molecule has 0 radical (unpaired) electrons. The van der Waals surface area contributed by atoms with Crippen molar-refractivity contribution in [1.82, 2.24) is 4.90 Å². The van der Waals surface area contributed by atoms with Crippen LogP contribution in [0, 0.1) is 5.82 Å². The molecular formula is C18H16FNO3. The number of halogens is 1. The minimum atomic E-state index is -0.398. The van der Waals surface area contributed by atoms with Gasteiger partial charge in [-0.3, -0.25) is 4.79 Å². The molecule has 0 unspecified atom stereocenters. The summed E-state index contributed by atoms with van der Waals surface area (Å²) < 4.78 is 24.0. The highest BCUT2D eigenvalue weighted by atomic mass is 19.1. The van der Waals surface area contributed by atoms with Gasteiger partial charge in [-0.25, -0.2) is 4.39 Å². The average molecular weight is 313 g/mol. The Hall–Kier alpha value is -2.82. The van der Waals surface area contributed by atoms with Gasteiger partial charge in [-0.15, -0.1) is 0 Å². The highest BCUT2D eigenvalue weighted by Gasteiger charge is 2.13. The number of hydrogen-bond acceptors (Lipinski definition) is 3. The van der Waals surface area contributed by atoms with E-state index >= 15 is 0 Å². The van der Waals surface area contributed by atoms with E-state index in [-0.39, 0.29) is 12.5 Å². The predicted molar refractivity (Wildman–Crippen MR) is 84.6 cm³/mol. The molecular weight excluding hydrogens is 297 g/mol. The zero-order valence-electron chi connectivity index (χ0n) is 12.7. The number of rotatable bonds is 5. The molecule has 1 heterocycles. The van der Waals surface area contributed by atoms with Crippen LogP contribution in [0.1, 0.15) is 5.76 Å². The van der Waals surface area contributed by atoms with Crippen molar-refractivity contribution in [2.45, 2.75) is 6.54 Å². The van der Waals surface area contributed by atoms with Crippen LogP contribution in [0.25, 0.3) is 11.0 Å². The van der Waals surface area contributed by atoms with Crippen molar-refractivity contribution in [3.8, 4) is 5.75 Å². The van der Waals surface area contributed by atoms with Crippen molar-refractivity contribution in [1.29, 1.82) is 0 Å². The molecule has 4 nitrogen and oxygen atoms in total. The molecule has 23 heavy (non-hydrogen) atoms. The van der Waals surface area contributed by atoms with Crippen molar-refractivity contribution < 1.29 is 18.3 Å². The fourth-order valence-corrected chi connectivity index (χ4v) is 2.25. The van der Waals surface area contributed by atoms with E-state index in [0.717, 1.165) is 11.0 Å². The number of furan rings is 1. The van der Waals surface area contributed by atoms with Gasteiger partial charge in [-0.1, -0.05) is 24.3 Å². The van der Waals surface area contributed by atoms with Crippen LogP contribution >= 0.6 is 0 Å². The standard InChI is InChI=1S/C18H16FNO3/c1-20(11-16-9-13-5-2-3-8-17(13)23-16)18(21)12-22-15-7-4-6-14(19)10-15/h2-10H,11-12H2,1H3. The molecule has 0 aliphatic rings. The molecule has 1 amide bonds. The van der Waals surface area contributed by atoms with Crippen LogP contribution in [0.5, 0.6) is 5.75 Å². The first-order valence-corrected chi connectivity index (χ1v) is 7.21. The first-order valence-electron chi connectivity index (χ1n) is 7.21. The first-order chi connectivity index (χ1) is 11.1. The largest absolute Gasteiger partial charge is 0.484 e. The van der Waals surface area contributed by atoms with Gasteiger partial charge in [0.15, 0.2) is 6.61 Å². The normalized spacial score (nSPS) is 10.7.